The molecular weight excluding hydrogens is 420 g/mol. The lowest BCUT2D eigenvalue weighted by molar-refractivity contribution is -0.152. The van der Waals surface area contributed by atoms with E-state index in [0.29, 0.717) is 17.1 Å². The van der Waals surface area contributed by atoms with E-state index < -0.39 is 23.8 Å². The number of aromatic nitrogens is 1. The largest absolute Gasteiger partial charge is 0.466 e. The number of methoxy groups -OCH3 is 2. The van der Waals surface area contributed by atoms with E-state index in [1.54, 1.807) is 19.2 Å². The maximum absolute atomic E-state index is 13.0. The van der Waals surface area contributed by atoms with Gasteiger partial charge in [0.15, 0.2) is 0 Å². The van der Waals surface area contributed by atoms with Crippen molar-refractivity contribution in [2.75, 3.05) is 14.2 Å². The predicted octanol–water partition coefficient (Wildman–Crippen LogP) is 2.97. The maximum Gasteiger partial charge on any atom is 0.336 e. The Morgan fingerprint density at radius 3 is 2.13 bits per heavy atom. The number of benzene rings is 1. The molecule has 31 heavy (non-hydrogen) atoms. The number of esters is 3. The normalized spacial score (nSPS) is 14.2. The number of rotatable bonds is 6. The van der Waals surface area contributed by atoms with Crippen LogP contribution in [0.25, 0.3) is 10.6 Å². The van der Waals surface area contributed by atoms with E-state index in [0.717, 1.165) is 10.6 Å². The number of thiazole rings is 1. The molecule has 3 rings (SSSR count). The van der Waals surface area contributed by atoms with Crippen LogP contribution in [0.4, 0.5) is 0 Å². The molecule has 0 spiro atoms. The molecule has 1 aliphatic rings. The van der Waals surface area contributed by atoms with Crippen LogP contribution in [-0.4, -0.2) is 37.1 Å². The van der Waals surface area contributed by atoms with E-state index >= 15 is 0 Å². The van der Waals surface area contributed by atoms with Gasteiger partial charge in [0.1, 0.15) is 17.5 Å². The molecular formula is C22H22N2O6S. The third-order valence-electron chi connectivity index (χ3n) is 4.74. The second kappa shape index (κ2) is 9.57. The number of nitrogens with one attached hydrogen (secondary N) is 1. The number of carbonyl (C=O) groups is 3. The number of hydrogen-bond acceptors (Lipinski definition) is 9. The van der Waals surface area contributed by atoms with Crippen LogP contribution in [0.2, 0.25) is 0 Å². The Hall–Kier alpha value is -3.46. The van der Waals surface area contributed by atoms with Crippen molar-refractivity contribution in [3.05, 3.63) is 63.9 Å². The number of nitrogens with zero attached hydrogens (tertiary/aromatic N) is 1. The van der Waals surface area contributed by atoms with Crippen LogP contribution in [0.1, 0.15) is 19.5 Å². The smallest absolute Gasteiger partial charge is 0.336 e. The Morgan fingerprint density at radius 2 is 1.58 bits per heavy atom. The summed E-state index contributed by atoms with van der Waals surface area (Å²) < 4.78 is 15.1. The van der Waals surface area contributed by atoms with Crippen LogP contribution in [0.15, 0.2) is 58.3 Å². The molecule has 0 atom stereocenters. The van der Waals surface area contributed by atoms with Crippen LogP contribution in [0, 0.1) is 5.92 Å². The van der Waals surface area contributed by atoms with E-state index in [1.807, 2.05) is 30.3 Å². The molecule has 1 N–H and O–H groups in total. The molecule has 2 aromatic rings. The summed E-state index contributed by atoms with van der Waals surface area (Å²) in [6.07, 6.45) is 0. The van der Waals surface area contributed by atoms with Gasteiger partial charge >= 0.3 is 17.9 Å². The molecule has 0 radical (unpaired) electrons. The highest BCUT2D eigenvalue weighted by molar-refractivity contribution is 7.13. The topological polar surface area (TPSA) is 104 Å². The summed E-state index contributed by atoms with van der Waals surface area (Å²) in [7, 11) is 2.41. The summed E-state index contributed by atoms with van der Waals surface area (Å²) in [6, 6.07) is 9.63. The molecule has 0 bridgehead atoms. The van der Waals surface area contributed by atoms with Gasteiger partial charge in [-0.15, -0.1) is 11.3 Å². The van der Waals surface area contributed by atoms with Crippen molar-refractivity contribution in [1.29, 1.82) is 0 Å². The van der Waals surface area contributed by atoms with Crippen LogP contribution in [0.3, 0.4) is 0 Å². The highest BCUT2D eigenvalue weighted by Gasteiger charge is 2.42. The van der Waals surface area contributed by atoms with Gasteiger partial charge in [0.05, 0.1) is 31.1 Å². The Bertz CT molecular complexity index is 1030. The van der Waals surface area contributed by atoms with Crippen molar-refractivity contribution in [3.63, 3.8) is 0 Å². The molecule has 1 aromatic carbocycles. The average Bonchev–Trinajstić information content (AvgIpc) is 3.25. The van der Waals surface area contributed by atoms with E-state index in [2.05, 4.69) is 10.3 Å². The van der Waals surface area contributed by atoms with Gasteiger partial charge in [-0.1, -0.05) is 30.3 Å². The van der Waals surface area contributed by atoms with E-state index in [-0.39, 0.29) is 17.8 Å². The Kier molecular flexibility index (Phi) is 6.86. The summed E-state index contributed by atoms with van der Waals surface area (Å²) in [5.41, 5.74) is 2.33. The Balaban J connectivity index is 1.84. The molecule has 0 fully saturated rings. The molecule has 0 saturated heterocycles. The molecule has 9 heteroatoms. The zero-order valence-corrected chi connectivity index (χ0v) is 18.4. The first-order valence-corrected chi connectivity index (χ1v) is 10.3. The first-order chi connectivity index (χ1) is 14.9. The summed E-state index contributed by atoms with van der Waals surface area (Å²) in [6.45, 7) is 3.14. The standard InChI is InChI=1S/C22H22N2O6S/c1-12-16(20(25)28-3)18(17(13(2)23-12)21(26)29-4)22(27)30-10-15-11-31-19(24-15)14-8-6-5-7-9-14/h5-9,11,18,23H,10H2,1-4H3. The fraction of sp³-hybridized carbons (Fsp3) is 0.273. The zero-order chi connectivity index (χ0) is 22.5. The Labute approximate surface area is 183 Å². The summed E-state index contributed by atoms with van der Waals surface area (Å²) >= 11 is 1.43. The summed E-state index contributed by atoms with van der Waals surface area (Å²) in [4.78, 5) is 42.3. The SMILES string of the molecule is COC(=O)C1=C(C)NC(C)=C(C(=O)OC)C1C(=O)OCc1csc(-c2ccccc2)n1. The number of allylic oxidation sites excluding steroid dienone is 2. The van der Waals surface area contributed by atoms with Gasteiger partial charge in [-0.05, 0) is 13.8 Å². The van der Waals surface area contributed by atoms with Crippen molar-refractivity contribution < 1.29 is 28.6 Å². The number of carbonyl (C=O) groups excluding carboxylic acids is 3. The minimum absolute atomic E-state index is 0.00162. The zero-order valence-electron chi connectivity index (χ0n) is 17.6. The van der Waals surface area contributed by atoms with E-state index in [1.165, 1.54) is 25.6 Å². The fourth-order valence-electron chi connectivity index (χ4n) is 3.31. The Morgan fingerprint density at radius 1 is 1.00 bits per heavy atom. The quantitative estimate of drug-likeness (QED) is 0.538. The lowest BCUT2D eigenvalue weighted by Crippen LogP contribution is -2.37. The first kappa shape index (κ1) is 22.2. The molecule has 1 aliphatic heterocycles. The van der Waals surface area contributed by atoms with Crippen molar-refractivity contribution in [2.45, 2.75) is 20.5 Å². The summed E-state index contributed by atoms with van der Waals surface area (Å²) in [5.74, 6) is -3.51. The fourth-order valence-corrected chi connectivity index (χ4v) is 4.12. The number of ether oxygens (including phenoxy) is 3. The molecule has 8 nitrogen and oxygen atoms in total. The third kappa shape index (κ3) is 4.66. The molecule has 0 saturated carbocycles. The molecule has 1 aromatic heterocycles. The van der Waals surface area contributed by atoms with Crippen molar-refractivity contribution >= 4 is 29.2 Å². The van der Waals surface area contributed by atoms with Crippen LogP contribution < -0.4 is 5.32 Å². The third-order valence-corrected chi connectivity index (χ3v) is 5.68. The lowest BCUT2D eigenvalue weighted by atomic mass is 9.85. The second-order valence-electron chi connectivity index (χ2n) is 6.74. The predicted molar refractivity (Wildman–Crippen MR) is 113 cm³/mol. The van der Waals surface area contributed by atoms with E-state index in [4.69, 9.17) is 14.2 Å². The first-order valence-electron chi connectivity index (χ1n) is 9.39. The average molecular weight is 442 g/mol. The van der Waals surface area contributed by atoms with Gasteiger partial charge in [0.25, 0.3) is 0 Å². The van der Waals surface area contributed by atoms with Crippen LogP contribution in [-0.2, 0) is 35.2 Å². The number of hydrogen-bond donors (Lipinski definition) is 1. The minimum atomic E-state index is -1.27. The number of dihydropyridines is 1. The van der Waals surface area contributed by atoms with Crippen molar-refractivity contribution in [3.8, 4) is 10.6 Å². The minimum Gasteiger partial charge on any atom is -0.466 e. The monoisotopic (exact) mass is 442 g/mol. The van der Waals surface area contributed by atoms with Gasteiger partial charge < -0.3 is 19.5 Å². The summed E-state index contributed by atoms with van der Waals surface area (Å²) in [5, 5.41) is 5.52. The molecule has 2 heterocycles. The van der Waals surface area contributed by atoms with Crippen molar-refractivity contribution in [2.24, 2.45) is 5.92 Å². The second-order valence-corrected chi connectivity index (χ2v) is 7.59. The highest BCUT2D eigenvalue weighted by atomic mass is 32.1. The molecule has 162 valence electrons. The molecule has 0 unspecified atom stereocenters. The lowest BCUT2D eigenvalue weighted by Gasteiger charge is -2.28. The van der Waals surface area contributed by atoms with Crippen molar-refractivity contribution in [1.82, 2.24) is 10.3 Å². The molecule has 0 amide bonds. The van der Waals surface area contributed by atoms with Gasteiger partial charge in [-0.3, -0.25) is 4.79 Å². The highest BCUT2D eigenvalue weighted by Crippen LogP contribution is 2.33. The maximum atomic E-state index is 13.0. The van der Waals surface area contributed by atoms with Crippen LogP contribution in [0.5, 0.6) is 0 Å². The van der Waals surface area contributed by atoms with E-state index in [9.17, 15) is 14.4 Å². The van der Waals surface area contributed by atoms with Gasteiger partial charge in [-0.2, -0.15) is 0 Å². The van der Waals surface area contributed by atoms with Gasteiger partial charge in [0, 0.05) is 22.3 Å². The van der Waals surface area contributed by atoms with Gasteiger partial charge in [-0.25, -0.2) is 14.6 Å². The molecule has 0 aliphatic carbocycles. The van der Waals surface area contributed by atoms with Crippen LogP contribution >= 0.6 is 11.3 Å². The van der Waals surface area contributed by atoms with Gasteiger partial charge in [0.2, 0.25) is 0 Å².